The SMILES string of the molecule is O=C1C2C3CCC(O3)C2C(=O)N1c1cnn(Cc2ccc(Cl)cc2)c1. The van der Waals surface area contributed by atoms with Gasteiger partial charge in [0.1, 0.15) is 0 Å². The molecule has 4 atom stereocenters. The first-order valence-electron chi connectivity index (χ1n) is 8.42. The van der Waals surface area contributed by atoms with Crippen molar-refractivity contribution in [3.63, 3.8) is 0 Å². The van der Waals surface area contributed by atoms with Crippen LogP contribution in [-0.4, -0.2) is 33.8 Å². The number of aromatic nitrogens is 2. The van der Waals surface area contributed by atoms with Crippen LogP contribution in [0, 0.1) is 11.8 Å². The highest BCUT2D eigenvalue weighted by Crippen LogP contribution is 2.49. The van der Waals surface area contributed by atoms with Crippen molar-refractivity contribution in [2.45, 2.75) is 31.6 Å². The van der Waals surface area contributed by atoms with Gasteiger partial charge in [0.2, 0.25) is 11.8 Å². The Balaban J connectivity index is 1.39. The van der Waals surface area contributed by atoms with Gasteiger partial charge in [-0.1, -0.05) is 23.7 Å². The van der Waals surface area contributed by atoms with Crippen LogP contribution >= 0.6 is 11.6 Å². The summed E-state index contributed by atoms with van der Waals surface area (Å²) in [7, 11) is 0. The fraction of sp³-hybridized carbons (Fsp3) is 0.389. The number of fused-ring (bicyclic) bond motifs is 5. The number of benzene rings is 1. The molecule has 128 valence electrons. The van der Waals surface area contributed by atoms with Crippen LogP contribution in [0.15, 0.2) is 36.7 Å². The second-order valence-corrected chi connectivity index (χ2v) is 7.31. The maximum absolute atomic E-state index is 12.8. The molecule has 1 aromatic heterocycles. The molecule has 0 N–H and O–H groups in total. The van der Waals surface area contributed by atoms with E-state index in [4.69, 9.17) is 16.3 Å². The third-order valence-electron chi connectivity index (χ3n) is 5.42. The number of carbonyl (C=O) groups is 2. The van der Waals surface area contributed by atoms with Crippen LogP contribution in [0.3, 0.4) is 0 Å². The number of amides is 2. The summed E-state index contributed by atoms with van der Waals surface area (Å²) < 4.78 is 7.48. The summed E-state index contributed by atoms with van der Waals surface area (Å²) in [6, 6.07) is 7.50. The average molecular weight is 358 g/mol. The fourth-order valence-corrected chi connectivity index (χ4v) is 4.42. The molecule has 4 heterocycles. The number of carbonyl (C=O) groups excluding carboxylic acids is 2. The molecule has 7 heteroatoms. The maximum Gasteiger partial charge on any atom is 0.240 e. The van der Waals surface area contributed by atoms with Crippen molar-refractivity contribution in [3.8, 4) is 0 Å². The first-order chi connectivity index (χ1) is 12.1. The van der Waals surface area contributed by atoms with Crippen LogP contribution in [0.2, 0.25) is 5.02 Å². The number of halogens is 1. The summed E-state index contributed by atoms with van der Waals surface area (Å²) >= 11 is 5.90. The average Bonchev–Trinajstić information content (AvgIpc) is 3.35. The third kappa shape index (κ3) is 2.24. The van der Waals surface area contributed by atoms with E-state index in [1.807, 2.05) is 24.3 Å². The molecule has 6 nitrogen and oxygen atoms in total. The van der Waals surface area contributed by atoms with E-state index in [1.165, 1.54) is 4.90 Å². The first-order valence-corrected chi connectivity index (χ1v) is 8.80. The van der Waals surface area contributed by atoms with Crippen LogP contribution in [0.25, 0.3) is 0 Å². The Morgan fingerprint density at radius 1 is 1.08 bits per heavy atom. The normalized spacial score (nSPS) is 30.4. The summed E-state index contributed by atoms with van der Waals surface area (Å²) in [5, 5.41) is 4.98. The summed E-state index contributed by atoms with van der Waals surface area (Å²) in [5.74, 6) is -0.918. The number of hydrogen-bond donors (Lipinski definition) is 0. The Bertz CT molecular complexity index is 835. The van der Waals surface area contributed by atoms with Gasteiger partial charge in [-0.2, -0.15) is 5.10 Å². The lowest BCUT2D eigenvalue weighted by Crippen LogP contribution is -2.33. The lowest BCUT2D eigenvalue weighted by atomic mass is 9.81. The minimum absolute atomic E-state index is 0.0967. The van der Waals surface area contributed by atoms with E-state index in [0.717, 1.165) is 18.4 Å². The smallest absolute Gasteiger partial charge is 0.240 e. The molecule has 2 bridgehead atoms. The van der Waals surface area contributed by atoms with E-state index in [-0.39, 0.29) is 35.9 Å². The Morgan fingerprint density at radius 3 is 2.36 bits per heavy atom. The second kappa shape index (κ2) is 5.41. The molecular formula is C18H16ClN3O3. The molecular weight excluding hydrogens is 342 g/mol. The molecule has 3 aliphatic rings. The summed E-state index contributed by atoms with van der Waals surface area (Å²) in [6.45, 7) is 0.550. The van der Waals surface area contributed by atoms with Gasteiger partial charge >= 0.3 is 0 Å². The van der Waals surface area contributed by atoms with Gasteiger partial charge in [0.25, 0.3) is 0 Å². The summed E-state index contributed by atoms with van der Waals surface area (Å²) in [5.41, 5.74) is 1.58. The largest absolute Gasteiger partial charge is 0.373 e. The summed E-state index contributed by atoms with van der Waals surface area (Å²) in [6.07, 6.45) is 4.87. The molecule has 0 saturated carbocycles. The van der Waals surface area contributed by atoms with E-state index in [9.17, 15) is 9.59 Å². The molecule has 3 aliphatic heterocycles. The lowest BCUT2D eigenvalue weighted by Gasteiger charge is -2.15. The van der Waals surface area contributed by atoms with Gasteiger partial charge in [0.05, 0.1) is 42.5 Å². The quantitative estimate of drug-likeness (QED) is 0.790. The molecule has 0 spiro atoms. The number of hydrogen-bond acceptors (Lipinski definition) is 4. The number of rotatable bonds is 3. The fourth-order valence-electron chi connectivity index (χ4n) is 4.30. The van der Waals surface area contributed by atoms with Gasteiger partial charge in [-0.15, -0.1) is 0 Å². The number of anilines is 1. The number of imide groups is 1. The van der Waals surface area contributed by atoms with Crippen molar-refractivity contribution in [3.05, 3.63) is 47.2 Å². The minimum atomic E-state index is -0.314. The predicted molar refractivity (Wildman–Crippen MR) is 90.1 cm³/mol. The van der Waals surface area contributed by atoms with Gasteiger partial charge in [-0.05, 0) is 30.5 Å². The van der Waals surface area contributed by atoms with Crippen molar-refractivity contribution in [2.75, 3.05) is 4.90 Å². The predicted octanol–water partition coefficient (Wildman–Crippen LogP) is 2.25. The molecule has 1 aromatic carbocycles. The minimum Gasteiger partial charge on any atom is -0.373 e. The summed E-state index contributed by atoms with van der Waals surface area (Å²) in [4.78, 5) is 26.8. The highest BCUT2D eigenvalue weighted by atomic mass is 35.5. The van der Waals surface area contributed by atoms with E-state index in [2.05, 4.69) is 5.10 Å². The molecule has 2 aromatic rings. The van der Waals surface area contributed by atoms with Crippen LogP contribution in [-0.2, 0) is 20.9 Å². The van der Waals surface area contributed by atoms with Crippen molar-refractivity contribution in [1.29, 1.82) is 0 Å². The van der Waals surface area contributed by atoms with E-state index >= 15 is 0 Å². The van der Waals surface area contributed by atoms with Crippen molar-refractivity contribution in [1.82, 2.24) is 9.78 Å². The Kier molecular flexibility index (Phi) is 3.27. The number of nitrogens with zero attached hydrogens (tertiary/aromatic N) is 3. The third-order valence-corrected chi connectivity index (χ3v) is 5.67. The highest BCUT2D eigenvalue weighted by molar-refractivity contribution is 6.30. The molecule has 5 rings (SSSR count). The van der Waals surface area contributed by atoms with Gasteiger partial charge in [-0.3, -0.25) is 14.3 Å². The maximum atomic E-state index is 12.8. The van der Waals surface area contributed by atoms with Crippen LogP contribution < -0.4 is 4.90 Å². The topological polar surface area (TPSA) is 64.4 Å². The molecule has 4 unspecified atom stereocenters. The van der Waals surface area contributed by atoms with Crippen LogP contribution in [0.4, 0.5) is 5.69 Å². The van der Waals surface area contributed by atoms with Crippen LogP contribution in [0.1, 0.15) is 18.4 Å². The monoisotopic (exact) mass is 357 g/mol. The lowest BCUT2D eigenvalue weighted by molar-refractivity contribution is -0.124. The van der Waals surface area contributed by atoms with Crippen molar-refractivity contribution in [2.24, 2.45) is 11.8 Å². The van der Waals surface area contributed by atoms with Gasteiger partial charge in [0, 0.05) is 11.2 Å². The Hall–Kier alpha value is -2.18. The van der Waals surface area contributed by atoms with Crippen molar-refractivity contribution >= 4 is 29.1 Å². The van der Waals surface area contributed by atoms with Crippen molar-refractivity contribution < 1.29 is 14.3 Å². The highest BCUT2D eigenvalue weighted by Gasteiger charge is 2.62. The molecule has 0 radical (unpaired) electrons. The Labute approximate surface area is 149 Å². The van der Waals surface area contributed by atoms with Crippen LogP contribution in [0.5, 0.6) is 0 Å². The molecule has 0 aliphatic carbocycles. The zero-order valence-electron chi connectivity index (χ0n) is 13.3. The van der Waals surface area contributed by atoms with Gasteiger partial charge in [-0.25, -0.2) is 4.90 Å². The molecule has 3 saturated heterocycles. The second-order valence-electron chi connectivity index (χ2n) is 6.88. The first kappa shape index (κ1) is 15.1. The number of ether oxygens (including phenoxy) is 1. The standard InChI is InChI=1S/C18H16ClN3O3/c19-11-3-1-10(2-4-11)8-21-9-12(7-20-21)22-17(23)15-13-5-6-14(25-13)16(15)18(22)24/h1-4,7,9,13-16H,5-6,8H2. The molecule has 2 amide bonds. The van der Waals surface area contributed by atoms with Gasteiger partial charge in [0.15, 0.2) is 0 Å². The zero-order chi connectivity index (χ0) is 17.1. The molecule has 25 heavy (non-hydrogen) atoms. The van der Waals surface area contributed by atoms with Gasteiger partial charge < -0.3 is 4.74 Å². The van der Waals surface area contributed by atoms with E-state index in [1.54, 1.807) is 17.1 Å². The van der Waals surface area contributed by atoms with E-state index in [0.29, 0.717) is 17.3 Å². The Morgan fingerprint density at radius 2 is 1.72 bits per heavy atom. The zero-order valence-corrected chi connectivity index (χ0v) is 14.1. The molecule has 3 fully saturated rings. The van der Waals surface area contributed by atoms with E-state index < -0.39 is 0 Å².